The average Bonchev–Trinajstić information content (AvgIpc) is 3.23. The van der Waals surface area contributed by atoms with Gasteiger partial charge in [-0.15, -0.1) is 0 Å². The molecular weight excluding hydrogens is 224 g/mol. The third kappa shape index (κ3) is 2.34. The fraction of sp³-hybridized carbons (Fsp3) is 0.714. The molecule has 2 heterocycles. The third-order valence-corrected chi connectivity index (χ3v) is 3.76. The van der Waals surface area contributed by atoms with Gasteiger partial charge in [0.25, 0.3) is 0 Å². The summed E-state index contributed by atoms with van der Waals surface area (Å²) in [5.41, 5.74) is 2.48. The normalized spacial score (nSPS) is 20.5. The second kappa shape index (κ2) is 4.84. The zero-order valence-corrected chi connectivity index (χ0v) is 11.3. The summed E-state index contributed by atoms with van der Waals surface area (Å²) in [5.74, 6) is 2.17. The number of aromatic nitrogens is 2. The molecular formula is C14H22N4. The van der Waals surface area contributed by atoms with Crippen molar-refractivity contribution in [1.29, 1.82) is 0 Å². The van der Waals surface area contributed by atoms with Gasteiger partial charge in [0, 0.05) is 32.1 Å². The van der Waals surface area contributed by atoms with Crippen LogP contribution in [0.3, 0.4) is 0 Å². The summed E-state index contributed by atoms with van der Waals surface area (Å²) in [7, 11) is 0. The lowest BCUT2D eigenvalue weighted by molar-refractivity contribution is 0.583. The maximum absolute atomic E-state index is 4.84. The highest BCUT2D eigenvalue weighted by molar-refractivity contribution is 5.51. The van der Waals surface area contributed by atoms with Crippen molar-refractivity contribution in [2.75, 3.05) is 31.1 Å². The maximum Gasteiger partial charge on any atom is 0.131 e. The lowest BCUT2D eigenvalue weighted by Crippen LogP contribution is -2.44. The van der Waals surface area contributed by atoms with E-state index in [1.807, 2.05) is 0 Å². The molecule has 1 saturated heterocycles. The van der Waals surface area contributed by atoms with E-state index in [1.165, 1.54) is 24.2 Å². The van der Waals surface area contributed by atoms with E-state index < -0.39 is 0 Å². The summed E-state index contributed by atoms with van der Waals surface area (Å²) in [4.78, 5) is 11.8. The van der Waals surface area contributed by atoms with E-state index in [2.05, 4.69) is 35.2 Å². The number of hydrogen-bond acceptors (Lipinski definition) is 4. The fourth-order valence-electron chi connectivity index (χ4n) is 2.52. The maximum atomic E-state index is 4.84. The molecule has 1 aromatic rings. The van der Waals surface area contributed by atoms with Crippen LogP contribution < -0.4 is 10.2 Å². The van der Waals surface area contributed by atoms with Gasteiger partial charge in [-0.05, 0) is 18.8 Å². The molecule has 1 aliphatic carbocycles. The van der Waals surface area contributed by atoms with Crippen molar-refractivity contribution >= 4 is 5.69 Å². The number of anilines is 1. The zero-order valence-electron chi connectivity index (χ0n) is 11.3. The van der Waals surface area contributed by atoms with E-state index in [1.54, 1.807) is 0 Å². The Morgan fingerprint density at radius 1 is 1.28 bits per heavy atom. The average molecular weight is 246 g/mol. The van der Waals surface area contributed by atoms with E-state index in [9.17, 15) is 0 Å². The molecule has 0 atom stereocenters. The Hall–Kier alpha value is -1.16. The molecule has 1 aliphatic heterocycles. The highest BCUT2D eigenvalue weighted by Crippen LogP contribution is 2.39. The summed E-state index contributed by atoms with van der Waals surface area (Å²) in [6.07, 6.45) is 4.59. The van der Waals surface area contributed by atoms with Crippen LogP contribution in [0.15, 0.2) is 6.20 Å². The minimum atomic E-state index is 0.468. The Morgan fingerprint density at radius 2 is 2.00 bits per heavy atom. The quantitative estimate of drug-likeness (QED) is 0.884. The van der Waals surface area contributed by atoms with Crippen LogP contribution in [0.4, 0.5) is 5.69 Å². The molecule has 0 aromatic carbocycles. The summed E-state index contributed by atoms with van der Waals surface area (Å²) < 4.78 is 0. The molecule has 18 heavy (non-hydrogen) atoms. The van der Waals surface area contributed by atoms with E-state index in [4.69, 9.17) is 4.98 Å². The van der Waals surface area contributed by atoms with Gasteiger partial charge in [-0.3, -0.25) is 0 Å². The lowest BCUT2D eigenvalue weighted by Gasteiger charge is -2.31. The van der Waals surface area contributed by atoms with Gasteiger partial charge in [-0.2, -0.15) is 0 Å². The predicted molar refractivity (Wildman–Crippen MR) is 73.2 cm³/mol. The van der Waals surface area contributed by atoms with Crippen LogP contribution in [0.5, 0.6) is 0 Å². The highest BCUT2D eigenvalue weighted by atomic mass is 15.2. The largest absolute Gasteiger partial charge is 0.366 e. The molecule has 4 heteroatoms. The van der Waals surface area contributed by atoms with Crippen LogP contribution in [0, 0.1) is 0 Å². The van der Waals surface area contributed by atoms with Gasteiger partial charge in [0.1, 0.15) is 5.82 Å². The molecule has 2 fully saturated rings. The van der Waals surface area contributed by atoms with Crippen LogP contribution in [0.25, 0.3) is 0 Å². The Labute approximate surface area is 109 Å². The number of rotatable bonds is 3. The number of piperazine rings is 1. The van der Waals surface area contributed by atoms with Gasteiger partial charge in [-0.1, -0.05) is 13.8 Å². The van der Waals surface area contributed by atoms with Crippen molar-refractivity contribution in [2.45, 2.75) is 38.5 Å². The first-order valence-corrected chi connectivity index (χ1v) is 7.08. The van der Waals surface area contributed by atoms with Crippen molar-refractivity contribution in [3.8, 4) is 0 Å². The summed E-state index contributed by atoms with van der Waals surface area (Å²) >= 11 is 0. The molecule has 98 valence electrons. The van der Waals surface area contributed by atoms with Gasteiger partial charge < -0.3 is 10.2 Å². The minimum Gasteiger partial charge on any atom is -0.366 e. The molecule has 1 N–H and O–H groups in total. The molecule has 1 saturated carbocycles. The van der Waals surface area contributed by atoms with Crippen molar-refractivity contribution in [2.24, 2.45) is 0 Å². The smallest absolute Gasteiger partial charge is 0.131 e. The molecule has 1 aromatic heterocycles. The van der Waals surface area contributed by atoms with Gasteiger partial charge in [0.05, 0.1) is 17.6 Å². The molecule has 0 amide bonds. The molecule has 0 spiro atoms. The van der Waals surface area contributed by atoms with Crippen LogP contribution >= 0.6 is 0 Å². The van der Waals surface area contributed by atoms with Crippen LogP contribution in [-0.4, -0.2) is 36.1 Å². The SMILES string of the molecule is CC(C)c1nc(C2CC2)ncc1N1CCNCC1. The Kier molecular flexibility index (Phi) is 3.20. The first kappa shape index (κ1) is 11.9. The Balaban J connectivity index is 1.91. The van der Waals surface area contributed by atoms with Crippen molar-refractivity contribution < 1.29 is 0 Å². The van der Waals surface area contributed by atoms with E-state index >= 15 is 0 Å². The number of nitrogens with zero attached hydrogens (tertiary/aromatic N) is 3. The number of nitrogens with one attached hydrogen (secondary N) is 1. The fourth-order valence-corrected chi connectivity index (χ4v) is 2.52. The third-order valence-electron chi connectivity index (χ3n) is 3.76. The van der Waals surface area contributed by atoms with Crippen LogP contribution in [0.1, 0.15) is 50.0 Å². The van der Waals surface area contributed by atoms with Crippen molar-refractivity contribution in [3.63, 3.8) is 0 Å². The highest BCUT2D eigenvalue weighted by Gasteiger charge is 2.28. The van der Waals surface area contributed by atoms with Crippen LogP contribution in [-0.2, 0) is 0 Å². The van der Waals surface area contributed by atoms with Gasteiger partial charge in [0.15, 0.2) is 0 Å². The first-order chi connectivity index (χ1) is 8.75. The van der Waals surface area contributed by atoms with E-state index in [0.717, 1.165) is 32.0 Å². The van der Waals surface area contributed by atoms with Crippen LogP contribution in [0.2, 0.25) is 0 Å². The first-order valence-electron chi connectivity index (χ1n) is 7.08. The molecule has 0 bridgehead atoms. The van der Waals surface area contributed by atoms with Crippen molar-refractivity contribution in [3.05, 3.63) is 17.7 Å². The summed E-state index contributed by atoms with van der Waals surface area (Å²) in [6.45, 7) is 8.69. The molecule has 0 unspecified atom stereocenters. The molecule has 3 rings (SSSR count). The summed E-state index contributed by atoms with van der Waals surface area (Å²) in [6, 6.07) is 0. The molecule has 4 nitrogen and oxygen atoms in total. The monoisotopic (exact) mass is 246 g/mol. The Bertz CT molecular complexity index is 420. The van der Waals surface area contributed by atoms with Gasteiger partial charge in [0.2, 0.25) is 0 Å². The van der Waals surface area contributed by atoms with E-state index in [-0.39, 0.29) is 0 Å². The predicted octanol–water partition coefficient (Wildman–Crippen LogP) is 1.89. The van der Waals surface area contributed by atoms with Crippen molar-refractivity contribution in [1.82, 2.24) is 15.3 Å². The molecule has 0 radical (unpaired) electrons. The topological polar surface area (TPSA) is 41.1 Å². The second-order valence-corrected chi connectivity index (χ2v) is 5.66. The minimum absolute atomic E-state index is 0.468. The lowest BCUT2D eigenvalue weighted by atomic mass is 10.1. The molecule has 2 aliphatic rings. The standard InChI is InChI=1S/C14H22N4/c1-10(2)13-12(18-7-5-15-6-8-18)9-16-14(17-13)11-3-4-11/h9-11,15H,3-8H2,1-2H3. The van der Waals surface area contributed by atoms with Gasteiger partial charge >= 0.3 is 0 Å². The second-order valence-electron chi connectivity index (χ2n) is 5.66. The van der Waals surface area contributed by atoms with E-state index in [0.29, 0.717) is 11.8 Å². The summed E-state index contributed by atoms with van der Waals surface area (Å²) in [5, 5.41) is 3.39. The Morgan fingerprint density at radius 3 is 2.61 bits per heavy atom. The number of hydrogen-bond donors (Lipinski definition) is 1. The van der Waals surface area contributed by atoms with Gasteiger partial charge in [-0.25, -0.2) is 9.97 Å². The zero-order chi connectivity index (χ0) is 12.5.